The van der Waals surface area contributed by atoms with Gasteiger partial charge in [-0.05, 0) is 35.4 Å². The molecule has 2 aliphatic rings. The Labute approximate surface area is 156 Å². The van der Waals surface area contributed by atoms with Crippen LogP contribution in [0, 0.1) is 0 Å². The van der Waals surface area contributed by atoms with E-state index >= 15 is 0 Å². The molecule has 2 aliphatic heterocycles. The molecule has 3 heterocycles. The third-order valence-corrected chi connectivity index (χ3v) is 5.18. The van der Waals surface area contributed by atoms with Gasteiger partial charge in [0.05, 0.1) is 6.17 Å². The van der Waals surface area contributed by atoms with Crippen molar-refractivity contribution in [2.75, 3.05) is 18.4 Å². The molecule has 0 saturated carbocycles. The van der Waals surface area contributed by atoms with Crippen molar-refractivity contribution in [1.82, 2.24) is 15.2 Å². The SMILES string of the molecule is Clc1cc(Cl)cc(CNC2CN(C3Cc4ccc(Cl)nc4N3)C2)c1. The van der Waals surface area contributed by atoms with Gasteiger partial charge < -0.3 is 10.6 Å². The summed E-state index contributed by atoms with van der Waals surface area (Å²) in [7, 11) is 0. The first-order valence-corrected chi connectivity index (χ1v) is 9.04. The smallest absolute Gasteiger partial charge is 0.132 e. The molecule has 7 heteroatoms. The van der Waals surface area contributed by atoms with E-state index in [0.29, 0.717) is 27.4 Å². The van der Waals surface area contributed by atoms with Gasteiger partial charge in [-0.15, -0.1) is 0 Å². The lowest BCUT2D eigenvalue weighted by Gasteiger charge is -2.43. The van der Waals surface area contributed by atoms with Crippen LogP contribution in [0.4, 0.5) is 5.82 Å². The number of halogens is 3. The summed E-state index contributed by atoms with van der Waals surface area (Å²) in [5.74, 6) is 0.914. The van der Waals surface area contributed by atoms with Crippen molar-refractivity contribution in [3.63, 3.8) is 0 Å². The number of aromatic nitrogens is 1. The lowest BCUT2D eigenvalue weighted by Crippen LogP contribution is -2.62. The van der Waals surface area contributed by atoms with Crippen molar-refractivity contribution in [2.24, 2.45) is 0 Å². The molecule has 0 bridgehead atoms. The average molecular weight is 384 g/mol. The molecule has 1 atom stereocenters. The fourth-order valence-electron chi connectivity index (χ4n) is 3.26. The highest BCUT2D eigenvalue weighted by Gasteiger charge is 2.35. The molecular formula is C17H17Cl3N4. The zero-order valence-electron chi connectivity index (χ0n) is 12.9. The van der Waals surface area contributed by atoms with E-state index in [1.165, 1.54) is 5.56 Å². The number of likely N-dealkylation sites (tertiary alicyclic amines) is 1. The minimum absolute atomic E-state index is 0.310. The maximum atomic E-state index is 6.03. The molecule has 4 rings (SSSR count). The van der Waals surface area contributed by atoms with E-state index in [9.17, 15) is 0 Å². The van der Waals surface area contributed by atoms with E-state index in [4.69, 9.17) is 34.8 Å². The third-order valence-electron chi connectivity index (χ3n) is 4.53. The van der Waals surface area contributed by atoms with Gasteiger partial charge >= 0.3 is 0 Å². The number of fused-ring (bicyclic) bond motifs is 1. The normalized spacial score (nSPS) is 20.5. The van der Waals surface area contributed by atoms with Crippen molar-refractivity contribution in [2.45, 2.75) is 25.2 Å². The Bertz CT molecular complexity index is 741. The van der Waals surface area contributed by atoms with Gasteiger partial charge in [0.25, 0.3) is 0 Å². The van der Waals surface area contributed by atoms with Crippen molar-refractivity contribution in [3.8, 4) is 0 Å². The molecule has 126 valence electrons. The van der Waals surface area contributed by atoms with Gasteiger partial charge in [-0.1, -0.05) is 40.9 Å². The number of rotatable bonds is 4. The van der Waals surface area contributed by atoms with E-state index < -0.39 is 0 Å². The Kier molecular flexibility index (Phi) is 4.58. The van der Waals surface area contributed by atoms with Gasteiger partial charge in [0.1, 0.15) is 11.0 Å². The number of anilines is 1. The summed E-state index contributed by atoms with van der Waals surface area (Å²) in [4.78, 5) is 6.76. The fourth-order valence-corrected chi connectivity index (χ4v) is 3.98. The minimum Gasteiger partial charge on any atom is -0.354 e. The summed E-state index contributed by atoms with van der Waals surface area (Å²) in [5.41, 5.74) is 2.34. The van der Waals surface area contributed by atoms with Crippen molar-refractivity contribution < 1.29 is 0 Å². The minimum atomic E-state index is 0.310. The molecule has 1 unspecified atom stereocenters. The highest BCUT2D eigenvalue weighted by molar-refractivity contribution is 6.34. The average Bonchev–Trinajstić information content (AvgIpc) is 2.87. The zero-order valence-corrected chi connectivity index (χ0v) is 15.2. The summed E-state index contributed by atoms with van der Waals surface area (Å²) in [6, 6.07) is 10.0. The predicted octanol–water partition coefficient (Wildman–Crippen LogP) is 3.81. The first-order valence-electron chi connectivity index (χ1n) is 7.91. The first-order chi connectivity index (χ1) is 11.6. The second-order valence-corrected chi connectivity index (χ2v) is 7.58. The second kappa shape index (κ2) is 6.70. The Morgan fingerprint density at radius 2 is 1.88 bits per heavy atom. The number of benzene rings is 1. The molecule has 1 saturated heterocycles. The number of pyridine rings is 1. The van der Waals surface area contributed by atoms with Crippen molar-refractivity contribution in [1.29, 1.82) is 0 Å². The standard InChI is InChI=1S/C17H17Cl3N4/c18-12-3-10(4-13(19)6-12)7-21-14-8-24(9-14)16-5-11-1-2-15(20)22-17(11)23-16/h1-4,6,14,16,21H,5,7-9H2,(H,22,23). The van der Waals surface area contributed by atoms with E-state index in [1.807, 2.05) is 18.2 Å². The lowest BCUT2D eigenvalue weighted by molar-refractivity contribution is 0.0901. The highest BCUT2D eigenvalue weighted by atomic mass is 35.5. The van der Waals surface area contributed by atoms with Crippen LogP contribution >= 0.6 is 34.8 Å². The summed E-state index contributed by atoms with van der Waals surface area (Å²) >= 11 is 18.0. The predicted molar refractivity (Wildman–Crippen MR) is 99.0 cm³/mol. The monoisotopic (exact) mass is 382 g/mol. The van der Waals surface area contributed by atoms with Gasteiger partial charge in [0.15, 0.2) is 0 Å². The van der Waals surface area contributed by atoms with Crippen LogP contribution in [-0.2, 0) is 13.0 Å². The summed E-state index contributed by atoms with van der Waals surface area (Å²) in [5, 5.41) is 8.89. The maximum absolute atomic E-state index is 6.03. The molecule has 4 nitrogen and oxygen atoms in total. The molecule has 0 amide bonds. The number of hydrogen-bond acceptors (Lipinski definition) is 4. The molecule has 2 aromatic rings. The second-order valence-electron chi connectivity index (χ2n) is 6.32. The van der Waals surface area contributed by atoms with Crippen molar-refractivity contribution in [3.05, 3.63) is 56.7 Å². The summed E-state index contributed by atoms with van der Waals surface area (Å²) < 4.78 is 0. The van der Waals surface area contributed by atoms with Crippen LogP contribution in [0.2, 0.25) is 15.2 Å². The number of nitrogens with one attached hydrogen (secondary N) is 2. The van der Waals surface area contributed by atoms with Crippen LogP contribution in [0.15, 0.2) is 30.3 Å². The van der Waals surface area contributed by atoms with Gasteiger partial charge in [0.2, 0.25) is 0 Å². The van der Waals surface area contributed by atoms with Crippen LogP contribution in [-0.4, -0.2) is 35.2 Å². The maximum Gasteiger partial charge on any atom is 0.132 e. The van der Waals surface area contributed by atoms with Crippen LogP contribution in [0.25, 0.3) is 0 Å². The molecule has 1 fully saturated rings. The Balaban J connectivity index is 1.27. The highest BCUT2D eigenvalue weighted by Crippen LogP contribution is 2.29. The molecule has 2 N–H and O–H groups in total. The lowest BCUT2D eigenvalue weighted by atomic mass is 10.1. The zero-order chi connectivity index (χ0) is 16.7. The molecule has 24 heavy (non-hydrogen) atoms. The number of hydrogen-bond donors (Lipinski definition) is 2. The van der Waals surface area contributed by atoms with Crippen LogP contribution in [0.5, 0.6) is 0 Å². The molecule has 0 spiro atoms. The van der Waals surface area contributed by atoms with E-state index in [1.54, 1.807) is 6.07 Å². The van der Waals surface area contributed by atoms with Crippen LogP contribution < -0.4 is 10.6 Å². The third kappa shape index (κ3) is 3.48. The Hall–Kier alpha value is -1.04. The summed E-state index contributed by atoms with van der Waals surface area (Å²) in [6.07, 6.45) is 1.28. The quantitative estimate of drug-likeness (QED) is 0.788. The molecule has 1 aromatic carbocycles. The van der Waals surface area contributed by atoms with Crippen molar-refractivity contribution >= 4 is 40.6 Å². The molecule has 1 aromatic heterocycles. The van der Waals surface area contributed by atoms with Gasteiger partial charge in [-0.2, -0.15) is 0 Å². The largest absolute Gasteiger partial charge is 0.354 e. The molecule has 0 aliphatic carbocycles. The summed E-state index contributed by atoms with van der Waals surface area (Å²) in [6.45, 7) is 2.79. The van der Waals surface area contributed by atoms with Gasteiger partial charge in [-0.25, -0.2) is 4.98 Å². The first kappa shape index (κ1) is 16.4. The molecular weight excluding hydrogens is 367 g/mol. The topological polar surface area (TPSA) is 40.2 Å². The fraction of sp³-hybridized carbons (Fsp3) is 0.353. The Morgan fingerprint density at radius 1 is 1.12 bits per heavy atom. The van der Waals surface area contributed by atoms with E-state index in [-0.39, 0.29) is 0 Å². The van der Waals surface area contributed by atoms with Crippen LogP contribution in [0.1, 0.15) is 11.1 Å². The van der Waals surface area contributed by atoms with E-state index in [2.05, 4.69) is 26.6 Å². The number of nitrogens with zero attached hydrogens (tertiary/aromatic N) is 2. The Morgan fingerprint density at radius 3 is 2.62 bits per heavy atom. The van der Waals surface area contributed by atoms with Gasteiger partial charge in [-0.3, -0.25) is 4.90 Å². The molecule has 0 radical (unpaired) electrons. The van der Waals surface area contributed by atoms with Gasteiger partial charge in [0, 0.05) is 42.1 Å². The van der Waals surface area contributed by atoms with E-state index in [0.717, 1.165) is 37.4 Å². The van der Waals surface area contributed by atoms with Crippen LogP contribution in [0.3, 0.4) is 0 Å².